The third-order valence-corrected chi connectivity index (χ3v) is 3.91. The SMILES string of the molecule is Nc1cccc(Cl)c1N1CCCSCC1. The van der Waals surface area contributed by atoms with Crippen molar-refractivity contribution in [1.29, 1.82) is 0 Å². The molecule has 82 valence electrons. The van der Waals surface area contributed by atoms with E-state index >= 15 is 0 Å². The van der Waals surface area contributed by atoms with E-state index < -0.39 is 0 Å². The highest BCUT2D eigenvalue weighted by Crippen LogP contribution is 2.32. The molecule has 0 bridgehead atoms. The molecule has 0 aliphatic carbocycles. The molecule has 0 aromatic heterocycles. The topological polar surface area (TPSA) is 29.3 Å². The minimum Gasteiger partial charge on any atom is -0.397 e. The van der Waals surface area contributed by atoms with Gasteiger partial charge in [0.25, 0.3) is 0 Å². The smallest absolute Gasteiger partial charge is 0.0789 e. The second-order valence-corrected chi connectivity index (χ2v) is 5.26. The van der Waals surface area contributed by atoms with Crippen molar-refractivity contribution < 1.29 is 0 Å². The number of benzene rings is 1. The third kappa shape index (κ3) is 2.52. The van der Waals surface area contributed by atoms with E-state index in [-0.39, 0.29) is 0 Å². The summed E-state index contributed by atoms with van der Waals surface area (Å²) in [5, 5.41) is 0.766. The molecular formula is C11H15ClN2S. The van der Waals surface area contributed by atoms with Crippen LogP contribution in [0.15, 0.2) is 18.2 Å². The summed E-state index contributed by atoms with van der Waals surface area (Å²) in [6, 6.07) is 5.72. The summed E-state index contributed by atoms with van der Waals surface area (Å²) in [4.78, 5) is 2.30. The average Bonchev–Trinajstić information content (AvgIpc) is 2.46. The van der Waals surface area contributed by atoms with Crippen molar-refractivity contribution in [1.82, 2.24) is 0 Å². The molecule has 0 atom stereocenters. The molecule has 2 N–H and O–H groups in total. The van der Waals surface area contributed by atoms with Crippen LogP contribution in [0.25, 0.3) is 0 Å². The molecule has 2 rings (SSSR count). The predicted octanol–water partition coefficient (Wildman–Crippen LogP) is 2.87. The summed E-state index contributed by atoms with van der Waals surface area (Å²) in [5.74, 6) is 2.39. The lowest BCUT2D eigenvalue weighted by Crippen LogP contribution is -2.26. The van der Waals surface area contributed by atoms with E-state index in [0.717, 1.165) is 35.2 Å². The summed E-state index contributed by atoms with van der Waals surface area (Å²) in [5.41, 5.74) is 7.77. The number of nitrogens with zero attached hydrogens (tertiary/aromatic N) is 1. The number of anilines is 2. The molecule has 0 spiro atoms. The average molecular weight is 243 g/mol. The normalized spacial score (nSPS) is 17.5. The van der Waals surface area contributed by atoms with Crippen molar-refractivity contribution in [3.8, 4) is 0 Å². The number of nitrogen functional groups attached to an aromatic ring is 1. The van der Waals surface area contributed by atoms with Crippen LogP contribution < -0.4 is 10.6 Å². The highest BCUT2D eigenvalue weighted by molar-refractivity contribution is 7.99. The van der Waals surface area contributed by atoms with Crippen LogP contribution in [0.3, 0.4) is 0 Å². The predicted molar refractivity (Wildman–Crippen MR) is 70.0 cm³/mol. The van der Waals surface area contributed by atoms with Gasteiger partial charge in [0.2, 0.25) is 0 Å². The largest absolute Gasteiger partial charge is 0.397 e. The Hall–Kier alpha value is -0.540. The minimum absolute atomic E-state index is 0.766. The Bertz CT molecular complexity index is 315. The monoisotopic (exact) mass is 242 g/mol. The van der Waals surface area contributed by atoms with Crippen LogP contribution in [0.1, 0.15) is 6.42 Å². The van der Waals surface area contributed by atoms with Crippen LogP contribution in [0.4, 0.5) is 11.4 Å². The van der Waals surface area contributed by atoms with Gasteiger partial charge in [-0.2, -0.15) is 11.8 Å². The lowest BCUT2D eigenvalue weighted by Gasteiger charge is -2.24. The van der Waals surface area contributed by atoms with Gasteiger partial charge in [-0.05, 0) is 24.3 Å². The Morgan fingerprint density at radius 2 is 2.13 bits per heavy atom. The van der Waals surface area contributed by atoms with Gasteiger partial charge in [0.05, 0.1) is 16.4 Å². The molecule has 1 saturated heterocycles. The Balaban J connectivity index is 2.26. The van der Waals surface area contributed by atoms with Gasteiger partial charge in [-0.1, -0.05) is 17.7 Å². The van der Waals surface area contributed by atoms with E-state index in [0.29, 0.717) is 0 Å². The Morgan fingerprint density at radius 3 is 2.93 bits per heavy atom. The highest BCUT2D eigenvalue weighted by Gasteiger charge is 2.15. The molecule has 0 radical (unpaired) electrons. The van der Waals surface area contributed by atoms with Crippen LogP contribution in [-0.4, -0.2) is 24.6 Å². The van der Waals surface area contributed by atoms with Crippen LogP contribution in [-0.2, 0) is 0 Å². The molecule has 1 fully saturated rings. The van der Waals surface area contributed by atoms with Crippen LogP contribution in [0, 0.1) is 0 Å². The zero-order valence-electron chi connectivity index (χ0n) is 8.58. The van der Waals surface area contributed by atoms with Crippen molar-refractivity contribution in [2.45, 2.75) is 6.42 Å². The van der Waals surface area contributed by atoms with Crippen molar-refractivity contribution >= 4 is 34.7 Å². The fourth-order valence-corrected chi connectivity index (χ4v) is 3.02. The maximum Gasteiger partial charge on any atom is 0.0789 e. The zero-order chi connectivity index (χ0) is 10.7. The Labute approximate surface area is 99.8 Å². The second kappa shape index (κ2) is 4.99. The number of hydrogen-bond acceptors (Lipinski definition) is 3. The Morgan fingerprint density at radius 1 is 1.27 bits per heavy atom. The Kier molecular flexibility index (Phi) is 3.65. The number of rotatable bonds is 1. The standard InChI is InChI=1S/C11H15ClN2S/c12-9-3-1-4-10(13)11(9)14-5-2-7-15-8-6-14/h1,3-4H,2,5-8,13H2. The summed E-state index contributed by atoms with van der Waals surface area (Å²) >= 11 is 8.19. The van der Waals surface area contributed by atoms with Gasteiger partial charge < -0.3 is 10.6 Å². The molecule has 4 heteroatoms. The first kappa shape index (κ1) is 11.0. The van der Waals surface area contributed by atoms with Gasteiger partial charge in [0.15, 0.2) is 0 Å². The van der Waals surface area contributed by atoms with Crippen molar-refractivity contribution in [2.75, 3.05) is 35.2 Å². The molecular weight excluding hydrogens is 228 g/mol. The number of thioether (sulfide) groups is 1. The van der Waals surface area contributed by atoms with E-state index in [1.165, 1.54) is 12.2 Å². The fraction of sp³-hybridized carbons (Fsp3) is 0.455. The van der Waals surface area contributed by atoms with Gasteiger partial charge in [0, 0.05) is 18.8 Å². The van der Waals surface area contributed by atoms with Crippen molar-refractivity contribution in [2.24, 2.45) is 0 Å². The highest BCUT2D eigenvalue weighted by atomic mass is 35.5. The fourth-order valence-electron chi connectivity index (χ4n) is 1.84. The molecule has 0 saturated carbocycles. The van der Waals surface area contributed by atoms with Crippen LogP contribution in [0.2, 0.25) is 5.02 Å². The summed E-state index contributed by atoms with van der Waals surface area (Å²) in [7, 11) is 0. The third-order valence-electron chi connectivity index (χ3n) is 2.56. The number of halogens is 1. The van der Waals surface area contributed by atoms with Crippen LogP contribution in [0.5, 0.6) is 0 Å². The van der Waals surface area contributed by atoms with E-state index in [1.807, 2.05) is 30.0 Å². The molecule has 0 unspecified atom stereocenters. The minimum atomic E-state index is 0.766. The molecule has 15 heavy (non-hydrogen) atoms. The molecule has 1 aromatic rings. The van der Waals surface area contributed by atoms with Crippen molar-refractivity contribution in [3.63, 3.8) is 0 Å². The molecule has 1 aliphatic heterocycles. The van der Waals surface area contributed by atoms with Crippen molar-refractivity contribution in [3.05, 3.63) is 23.2 Å². The molecule has 2 nitrogen and oxygen atoms in total. The summed E-state index contributed by atoms with van der Waals surface area (Å²) in [6.07, 6.45) is 1.20. The van der Waals surface area contributed by atoms with E-state index in [9.17, 15) is 0 Å². The summed E-state index contributed by atoms with van der Waals surface area (Å²) in [6.45, 7) is 2.10. The maximum atomic E-state index is 6.19. The van der Waals surface area contributed by atoms with Gasteiger partial charge in [0.1, 0.15) is 0 Å². The zero-order valence-corrected chi connectivity index (χ0v) is 10.2. The maximum absolute atomic E-state index is 6.19. The molecule has 1 aliphatic rings. The lowest BCUT2D eigenvalue weighted by molar-refractivity contribution is 0.817. The van der Waals surface area contributed by atoms with E-state index in [1.54, 1.807) is 0 Å². The van der Waals surface area contributed by atoms with E-state index in [4.69, 9.17) is 17.3 Å². The van der Waals surface area contributed by atoms with Crippen LogP contribution >= 0.6 is 23.4 Å². The van der Waals surface area contributed by atoms with Gasteiger partial charge in [-0.25, -0.2) is 0 Å². The number of para-hydroxylation sites is 1. The molecule has 1 heterocycles. The first-order valence-corrected chi connectivity index (χ1v) is 6.69. The summed E-state index contributed by atoms with van der Waals surface area (Å²) < 4.78 is 0. The van der Waals surface area contributed by atoms with Gasteiger partial charge >= 0.3 is 0 Å². The first-order valence-electron chi connectivity index (χ1n) is 5.16. The number of hydrogen-bond donors (Lipinski definition) is 1. The quantitative estimate of drug-likeness (QED) is 0.768. The molecule has 0 amide bonds. The number of nitrogens with two attached hydrogens (primary N) is 1. The molecule has 1 aromatic carbocycles. The van der Waals surface area contributed by atoms with Gasteiger partial charge in [-0.15, -0.1) is 0 Å². The second-order valence-electron chi connectivity index (χ2n) is 3.63. The lowest BCUT2D eigenvalue weighted by atomic mass is 10.2. The first-order chi connectivity index (χ1) is 7.29. The van der Waals surface area contributed by atoms with Gasteiger partial charge in [-0.3, -0.25) is 0 Å². The van der Waals surface area contributed by atoms with E-state index in [2.05, 4.69) is 4.90 Å².